The number of nitrogens with one attached hydrogen (secondary N) is 1. The summed E-state index contributed by atoms with van der Waals surface area (Å²) in [6, 6.07) is 2.31. The van der Waals surface area contributed by atoms with Gasteiger partial charge >= 0.3 is 0 Å². The zero-order chi connectivity index (χ0) is 14.4. The van der Waals surface area contributed by atoms with E-state index < -0.39 is 0 Å². The predicted octanol–water partition coefficient (Wildman–Crippen LogP) is 2.71. The maximum Gasteiger partial charge on any atom is 0.0223 e. The minimum absolute atomic E-state index is 0.688. The molecule has 3 nitrogen and oxygen atoms in total. The van der Waals surface area contributed by atoms with Crippen molar-refractivity contribution >= 4 is 0 Å². The molecule has 2 aliphatic rings. The van der Waals surface area contributed by atoms with E-state index in [2.05, 4.69) is 35.9 Å². The minimum Gasteiger partial charge on any atom is -0.315 e. The summed E-state index contributed by atoms with van der Waals surface area (Å²) in [6.07, 6.45) is 8.36. The highest BCUT2D eigenvalue weighted by Gasteiger charge is 2.32. The van der Waals surface area contributed by atoms with Crippen molar-refractivity contribution in [2.75, 3.05) is 32.7 Å². The van der Waals surface area contributed by atoms with E-state index in [0.29, 0.717) is 6.04 Å². The molecule has 118 valence electrons. The maximum atomic E-state index is 3.51. The van der Waals surface area contributed by atoms with Crippen LogP contribution in [0.4, 0.5) is 0 Å². The van der Waals surface area contributed by atoms with Gasteiger partial charge in [-0.1, -0.05) is 19.8 Å². The monoisotopic (exact) mass is 281 g/mol. The summed E-state index contributed by atoms with van der Waals surface area (Å²) in [6.45, 7) is 13.3. The summed E-state index contributed by atoms with van der Waals surface area (Å²) >= 11 is 0. The molecule has 2 saturated heterocycles. The van der Waals surface area contributed by atoms with Crippen molar-refractivity contribution in [3.8, 4) is 0 Å². The van der Waals surface area contributed by atoms with Gasteiger partial charge < -0.3 is 5.32 Å². The van der Waals surface area contributed by atoms with Crippen LogP contribution < -0.4 is 5.32 Å². The summed E-state index contributed by atoms with van der Waals surface area (Å²) in [5, 5.41) is 3.51. The number of unbranched alkanes of at least 4 members (excludes halogenated alkanes) is 1. The third-order valence-electron chi connectivity index (χ3n) is 5.20. The van der Waals surface area contributed by atoms with Gasteiger partial charge in [0.1, 0.15) is 0 Å². The maximum absolute atomic E-state index is 3.51. The number of nitrogens with zero attached hydrogens (tertiary/aromatic N) is 2. The molecule has 1 N–H and O–H groups in total. The molecule has 3 unspecified atom stereocenters. The van der Waals surface area contributed by atoms with Gasteiger partial charge in [0.25, 0.3) is 0 Å². The molecule has 2 heterocycles. The smallest absolute Gasteiger partial charge is 0.0223 e. The second kappa shape index (κ2) is 8.35. The first-order chi connectivity index (χ1) is 9.70. The summed E-state index contributed by atoms with van der Waals surface area (Å²) in [4.78, 5) is 5.50. The van der Waals surface area contributed by atoms with E-state index in [1.54, 1.807) is 0 Å². The van der Waals surface area contributed by atoms with Gasteiger partial charge in [0, 0.05) is 31.2 Å². The van der Waals surface area contributed by atoms with Crippen molar-refractivity contribution in [1.82, 2.24) is 15.1 Å². The van der Waals surface area contributed by atoms with Crippen LogP contribution in [-0.2, 0) is 0 Å². The molecule has 0 aliphatic carbocycles. The predicted molar refractivity (Wildman–Crippen MR) is 87.2 cm³/mol. The highest BCUT2D eigenvalue weighted by molar-refractivity contribution is 4.88. The molecule has 0 spiro atoms. The minimum atomic E-state index is 0.688. The Morgan fingerprint density at radius 1 is 1.20 bits per heavy atom. The Morgan fingerprint density at radius 3 is 2.85 bits per heavy atom. The normalized spacial score (nSPS) is 30.1. The Bertz CT molecular complexity index is 269. The van der Waals surface area contributed by atoms with Gasteiger partial charge in [0.15, 0.2) is 0 Å². The van der Waals surface area contributed by atoms with Gasteiger partial charge in [-0.25, -0.2) is 0 Å². The van der Waals surface area contributed by atoms with Gasteiger partial charge in [-0.05, 0) is 59.2 Å². The Balaban J connectivity index is 1.65. The van der Waals surface area contributed by atoms with Gasteiger partial charge in [-0.3, -0.25) is 9.80 Å². The first-order valence-corrected chi connectivity index (χ1v) is 8.92. The topological polar surface area (TPSA) is 18.5 Å². The van der Waals surface area contributed by atoms with Gasteiger partial charge in [-0.2, -0.15) is 0 Å². The number of fused-ring (bicyclic) bond motifs is 1. The fourth-order valence-electron chi connectivity index (χ4n) is 3.94. The number of hydrogen-bond donors (Lipinski definition) is 1. The highest BCUT2D eigenvalue weighted by Crippen LogP contribution is 2.24. The van der Waals surface area contributed by atoms with E-state index in [0.717, 1.165) is 18.6 Å². The van der Waals surface area contributed by atoms with Crippen molar-refractivity contribution in [1.29, 1.82) is 0 Å². The lowest BCUT2D eigenvalue weighted by atomic mass is 9.97. The molecule has 0 radical (unpaired) electrons. The zero-order valence-electron chi connectivity index (χ0n) is 13.9. The van der Waals surface area contributed by atoms with E-state index in [1.165, 1.54) is 64.7 Å². The molecular weight excluding hydrogens is 246 g/mol. The highest BCUT2D eigenvalue weighted by atomic mass is 15.3. The first kappa shape index (κ1) is 16.3. The molecule has 0 aromatic carbocycles. The average molecular weight is 281 g/mol. The van der Waals surface area contributed by atoms with E-state index >= 15 is 0 Å². The van der Waals surface area contributed by atoms with Crippen LogP contribution in [0.3, 0.4) is 0 Å². The van der Waals surface area contributed by atoms with Crippen LogP contribution in [0, 0.1) is 0 Å². The fraction of sp³-hybridized carbons (Fsp3) is 1.00. The second-order valence-electron chi connectivity index (χ2n) is 6.94. The molecule has 3 heteroatoms. The molecule has 2 fully saturated rings. The van der Waals surface area contributed by atoms with E-state index in [1.807, 2.05) is 0 Å². The quantitative estimate of drug-likeness (QED) is 0.724. The summed E-state index contributed by atoms with van der Waals surface area (Å²) in [7, 11) is 0. The number of piperidine rings is 1. The number of hydrogen-bond acceptors (Lipinski definition) is 3. The lowest BCUT2D eigenvalue weighted by molar-refractivity contribution is 0.0145. The molecular formula is C17H35N3. The van der Waals surface area contributed by atoms with Crippen LogP contribution in [0.5, 0.6) is 0 Å². The third-order valence-corrected chi connectivity index (χ3v) is 5.20. The molecule has 3 atom stereocenters. The molecule has 2 aliphatic heterocycles. The van der Waals surface area contributed by atoms with E-state index in [-0.39, 0.29) is 0 Å². The van der Waals surface area contributed by atoms with Crippen LogP contribution in [0.2, 0.25) is 0 Å². The summed E-state index contributed by atoms with van der Waals surface area (Å²) in [5.41, 5.74) is 0. The number of rotatable bonds is 7. The van der Waals surface area contributed by atoms with Crippen LogP contribution in [0.1, 0.15) is 59.3 Å². The van der Waals surface area contributed by atoms with Crippen LogP contribution >= 0.6 is 0 Å². The molecule has 0 aromatic rings. The Morgan fingerprint density at radius 2 is 2.05 bits per heavy atom. The average Bonchev–Trinajstić information content (AvgIpc) is 2.44. The molecule has 0 saturated carbocycles. The van der Waals surface area contributed by atoms with Gasteiger partial charge in [0.05, 0.1) is 0 Å². The SMILES string of the molecule is CCNC(C)CCCCN1CC2CCCCN2CC1C. The van der Waals surface area contributed by atoms with Gasteiger partial charge in [0.2, 0.25) is 0 Å². The fourth-order valence-corrected chi connectivity index (χ4v) is 3.94. The lowest BCUT2D eigenvalue weighted by Crippen LogP contribution is -2.58. The molecule has 0 amide bonds. The van der Waals surface area contributed by atoms with Gasteiger partial charge in [-0.15, -0.1) is 0 Å². The van der Waals surface area contributed by atoms with Crippen LogP contribution in [-0.4, -0.2) is 60.6 Å². The second-order valence-corrected chi connectivity index (χ2v) is 6.94. The summed E-state index contributed by atoms with van der Waals surface area (Å²) < 4.78 is 0. The van der Waals surface area contributed by atoms with Crippen molar-refractivity contribution in [3.63, 3.8) is 0 Å². The molecule has 0 bridgehead atoms. The Hall–Kier alpha value is -0.120. The standard InChI is InChI=1S/C17H35N3/c1-4-18-15(2)9-5-7-11-19-14-17-10-6-8-12-20(17)13-16(19)3/h15-18H,4-14H2,1-3H3. The largest absolute Gasteiger partial charge is 0.315 e. The zero-order valence-corrected chi connectivity index (χ0v) is 13.9. The van der Waals surface area contributed by atoms with Crippen molar-refractivity contribution in [2.24, 2.45) is 0 Å². The number of piperazine rings is 1. The van der Waals surface area contributed by atoms with Crippen molar-refractivity contribution in [3.05, 3.63) is 0 Å². The third kappa shape index (κ3) is 4.71. The summed E-state index contributed by atoms with van der Waals surface area (Å²) in [5.74, 6) is 0. The molecule has 2 rings (SSSR count). The molecule has 20 heavy (non-hydrogen) atoms. The molecule has 0 aromatic heterocycles. The van der Waals surface area contributed by atoms with Crippen molar-refractivity contribution in [2.45, 2.75) is 77.4 Å². The van der Waals surface area contributed by atoms with Crippen molar-refractivity contribution < 1.29 is 0 Å². The Labute approximate surface area is 126 Å². The van der Waals surface area contributed by atoms with E-state index in [9.17, 15) is 0 Å². The first-order valence-electron chi connectivity index (χ1n) is 8.92. The van der Waals surface area contributed by atoms with E-state index in [4.69, 9.17) is 0 Å². The van der Waals surface area contributed by atoms with Crippen LogP contribution in [0.25, 0.3) is 0 Å². The Kier molecular flexibility index (Phi) is 6.79. The van der Waals surface area contributed by atoms with Crippen LogP contribution in [0.15, 0.2) is 0 Å². The lowest BCUT2D eigenvalue weighted by Gasteiger charge is -2.47.